The first-order valence-electron chi connectivity index (χ1n) is 13.2. The summed E-state index contributed by atoms with van der Waals surface area (Å²) in [7, 11) is -3.02. The summed E-state index contributed by atoms with van der Waals surface area (Å²) < 4.78 is 12.5. The van der Waals surface area contributed by atoms with E-state index in [1.54, 1.807) is 0 Å². The fourth-order valence-corrected chi connectivity index (χ4v) is 7.11. The lowest BCUT2D eigenvalue weighted by Gasteiger charge is -2.37. The molecule has 2 aliphatic rings. The Bertz CT molecular complexity index is 1030. The molecule has 0 heterocycles. The maximum Gasteiger partial charge on any atom is 0.183 e. The monoisotopic (exact) mass is 504 g/mol. The standard InChI is InChI=1S/C31H44O2Si2/c1-31(2,29-21-23(17-19-32-34(3,4)5)25-13-9-11-15-27(25)29)30-22-24(18-20-33-35(6,7)8)26-14-10-12-16-28(26)30/h9-16,21-22,29-30H,17-20H2,1-8H3. The predicted octanol–water partition coefficient (Wildman–Crippen LogP) is 8.86. The molecule has 35 heavy (non-hydrogen) atoms. The molecule has 2 nitrogen and oxygen atoms in total. The van der Waals surface area contributed by atoms with E-state index in [1.165, 1.54) is 33.4 Å². The van der Waals surface area contributed by atoms with Gasteiger partial charge in [0.05, 0.1) is 0 Å². The van der Waals surface area contributed by atoms with Gasteiger partial charge in [0.1, 0.15) is 0 Å². The third kappa shape index (κ3) is 5.99. The summed E-state index contributed by atoms with van der Waals surface area (Å²) in [6.07, 6.45) is 7.09. The average Bonchev–Trinajstić information content (AvgIpc) is 3.32. The Hall–Kier alpha value is -1.73. The number of fused-ring (bicyclic) bond motifs is 2. The van der Waals surface area contributed by atoms with Crippen LogP contribution in [0.2, 0.25) is 39.3 Å². The molecule has 0 saturated carbocycles. The van der Waals surface area contributed by atoms with Crippen LogP contribution < -0.4 is 0 Å². The lowest BCUT2D eigenvalue weighted by atomic mass is 9.66. The van der Waals surface area contributed by atoms with Gasteiger partial charge < -0.3 is 8.85 Å². The first kappa shape index (κ1) is 26.3. The van der Waals surface area contributed by atoms with Gasteiger partial charge in [0, 0.05) is 25.0 Å². The molecule has 0 bridgehead atoms. The highest BCUT2D eigenvalue weighted by atomic mass is 28.4. The van der Waals surface area contributed by atoms with Gasteiger partial charge in [0.25, 0.3) is 0 Å². The third-order valence-corrected chi connectivity index (χ3v) is 9.58. The van der Waals surface area contributed by atoms with Crippen molar-refractivity contribution < 1.29 is 8.85 Å². The molecule has 4 heteroatoms. The van der Waals surface area contributed by atoms with Gasteiger partial charge in [0.2, 0.25) is 0 Å². The van der Waals surface area contributed by atoms with Gasteiger partial charge in [-0.2, -0.15) is 0 Å². The maximum atomic E-state index is 6.23. The molecule has 0 amide bonds. The van der Waals surface area contributed by atoms with Crippen molar-refractivity contribution in [3.05, 3.63) is 82.9 Å². The molecule has 2 aliphatic carbocycles. The largest absolute Gasteiger partial charge is 0.417 e. The minimum Gasteiger partial charge on any atom is -0.417 e. The Morgan fingerprint density at radius 2 is 1.00 bits per heavy atom. The number of benzene rings is 2. The summed E-state index contributed by atoms with van der Waals surface area (Å²) in [6.45, 7) is 20.2. The predicted molar refractivity (Wildman–Crippen MR) is 156 cm³/mol. The van der Waals surface area contributed by atoms with Gasteiger partial charge >= 0.3 is 0 Å². The van der Waals surface area contributed by atoms with Crippen LogP contribution in [0.5, 0.6) is 0 Å². The second-order valence-corrected chi connectivity index (χ2v) is 21.8. The Balaban J connectivity index is 1.62. The summed E-state index contributed by atoms with van der Waals surface area (Å²) >= 11 is 0. The van der Waals surface area contributed by atoms with Gasteiger partial charge in [-0.05, 0) is 90.9 Å². The van der Waals surface area contributed by atoms with Crippen molar-refractivity contribution in [2.45, 2.75) is 77.8 Å². The molecule has 0 spiro atoms. The van der Waals surface area contributed by atoms with Crippen LogP contribution in [0, 0.1) is 5.41 Å². The summed E-state index contributed by atoms with van der Waals surface area (Å²) in [4.78, 5) is 0. The van der Waals surface area contributed by atoms with Crippen LogP contribution >= 0.6 is 0 Å². The van der Waals surface area contributed by atoms with Crippen molar-refractivity contribution in [1.29, 1.82) is 0 Å². The van der Waals surface area contributed by atoms with Crippen LogP contribution in [0.3, 0.4) is 0 Å². The van der Waals surface area contributed by atoms with Gasteiger partial charge in [-0.3, -0.25) is 0 Å². The van der Waals surface area contributed by atoms with Crippen molar-refractivity contribution >= 4 is 27.8 Å². The Labute approximate surface area is 215 Å². The molecule has 2 unspecified atom stereocenters. The van der Waals surface area contributed by atoms with E-state index in [4.69, 9.17) is 8.85 Å². The van der Waals surface area contributed by atoms with E-state index in [2.05, 4.69) is 114 Å². The highest BCUT2D eigenvalue weighted by Gasteiger charge is 2.43. The van der Waals surface area contributed by atoms with Crippen LogP contribution in [0.15, 0.2) is 60.7 Å². The van der Waals surface area contributed by atoms with Crippen molar-refractivity contribution in [2.24, 2.45) is 5.41 Å². The topological polar surface area (TPSA) is 18.5 Å². The van der Waals surface area contributed by atoms with E-state index >= 15 is 0 Å². The van der Waals surface area contributed by atoms with Gasteiger partial charge in [-0.15, -0.1) is 0 Å². The first-order chi connectivity index (χ1) is 16.4. The highest BCUT2D eigenvalue weighted by molar-refractivity contribution is 6.70. The molecular formula is C31H44O2Si2. The van der Waals surface area contributed by atoms with Crippen LogP contribution in [-0.2, 0) is 8.85 Å². The molecule has 0 aliphatic heterocycles. The van der Waals surface area contributed by atoms with Crippen molar-refractivity contribution in [3.63, 3.8) is 0 Å². The van der Waals surface area contributed by atoms with E-state index in [0.717, 1.165) is 26.1 Å². The minimum absolute atomic E-state index is 0.0506. The van der Waals surface area contributed by atoms with Crippen molar-refractivity contribution in [2.75, 3.05) is 13.2 Å². The zero-order valence-electron chi connectivity index (χ0n) is 23.1. The Kier molecular flexibility index (Phi) is 7.50. The zero-order valence-corrected chi connectivity index (χ0v) is 25.1. The molecule has 2 aromatic carbocycles. The molecular weight excluding hydrogens is 461 g/mol. The Morgan fingerprint density at radius 3 is 1.37 bits per heavy atom. The second kappa shape index (κ2) is 9.97. The van der Waals surface area contributed by atoms with E-state index in [1.807, 2.05) is 0 Å². The smallest absolute Gasteiger partial charge is 0.183 e. The number of hydrogen-bond acceptors (Lipinski definition) is 2. The lowest BCUT2D eigenvalue weighted by Crippen LogP contribution is -2.26. The first-order valence-corrected chi connectivity index (χ1v) is 20.1. The van der Waals surface area contributed by atoms with E-state index in [9.17, 15) is 0 Å². The molecule has 4 rings (SSSR count). The number of rotatable bonds is 10. The van der Waals surface area contributed by atoms with Crippen LogP contribution in [0.25, 0.3) is 11.1 Å². The molecule has 2 atom stereocenters. The SMILES string of the molecule is CC(C)(C1C=C(CCO[Si](C)(C)C)c2ccccc21)C1C=C(CCO[Si](C)(C)C)c2ccccc21. The summed E-state index contributed by atoms with van der Waals surface area (Å²) in [6, 6.07) is 18.1. The van der Waals surface area contributed by atoms with Gasteiger partial charge in [0.15, 0.2) is 16.6 Å². The normalized spacial score (nSPS) is 19.9. The zero-order chi connectivity index (χ0) is 25.4. The van der Waals surface area contributed by atoms with E-state index in [-0.39, 0.29) is 5.41 Å². The number of allylic oxidation sites excluding steroid dienone is 2. The average molecular weight is 505 g/mol. The van der Waals surface area contributed by atoms with E-state index in [0.29, 0.717) is 11.8 Å². The second-order valence-electron chi connectivity index (χ2n) is 12.8. The van der Waals surface area contributed by atoms with Crippen LogP contribution in [-0.4, -0.2) is 29.8 Å². The molecule has 0 radical (unpaired) electrons. The quantitative estimate of drug-likeness (QED) is 0.301. The van der Waals surface area contributed by atoms with Gasteiger partial charge in [-0.25, -0.2) is 0 Å². The molecule has 0 saturated heterocycles. The van der Waals surface area contributed by atoms with Crippen LogP contribution in [0.1, 0.15) is 60.8 Å². The molecule has 0 N–H and O–H groups in total. The fourth-order valence-electron chi connectivity index (χ4n) is 5.68. The highest BCUT2D eigenvalue weighted by Crippen LogP contribution is 2.56. The summed E-state index contributed by atoms with van der Waals surface area (Å²) in [5, 5.41) is 0. The maximum absolute atomic E-state index is 6.23. The molecule has 2 aromatic rings. The van der Waals surface area contributed by atoms with Crippen molar-refractivity contribution in [1.82, 2.24) is 0 Å². The van der Waals surface area contributed by atoms with Crippen molar-refractivity contribution in [3.8, 4) is 0 Å². The molecule has 0 fully saturated rings. The molecule has 188 valence electrons. The lowest BCUT2D eigenvalue weighted by molar-refractivity contribution is 0.291. The number of hydrogen-bond donors (Lipinski definition) is 0. The third-order valence-electron chi connectivity index (χ3n) is 7.44. The van der Waals surface area contributed by atoms with Gasteiger partial charge in [-0.1, -0.05) is 74.5 Å². The summed E-state index contributed by atoms with van der Waals surface area (Å²) in [5.41, 5.74) is 8.75. The Morgan fingerprint density at radius 1 is 0.629 bits per heavy atom. The van der Waals surface area contributed by atoms with Crippen LogP contribution in [0.4, 0.5) is 0 Å². The van der Waals surface area contributed by atoms with E-state index < -0.39 is 16.6 Å². The minimum atomic E-state index is -1.51. The summed E-state index contributed by atoms with van der Waals surface area (Å²) in [5.74, 6) is 0.764. The molecule has 0 aromatic heterocycles. The fraction of sp³-hybridized carbons (Fsp3) is 0.484.